The Bertz CT molecular complexity index is 1580. The lowest BCUT2D eigenvalue weighted by molar-refractivity contribution is 0.0981. The van der Waals surface area contributed by atoms with Gasteiger partial charge in [-0.2, -0.15) is 10.1 Å². The number of halogens is 2. The van der Waals surface area contributed by atoms with Gasteiger partial charge in [-0.25, -0.2) is 9.67 Å². The van der Waals surface area contributed by atoms with Gasteiger partial charge in [-0.3, -0.25) is 14.5 Å². The number of pyridine rings is 1. The smallest absolute Gasteiger partial charge is 0.319 e. The molecule has 2 atom stereocenters. The third kappa shape index (κ3) is 4.41. The van der Waals surface area contributed by atoms with Crippen LogP contribution >= 0.6 is 23.2 Å². The van der Waals surface area contributed by atoms with E-state index in [2.05, 4.69) is 9.97 Å². The first kappa shape index (κ1) is 27.0. The van der Waals surface area contributed by atoms with Crippen LogP contribution in [0.1, 0.15) is 60.9 Å². The van der Waals surface area contributed by atoms with Crippen LogP contribution in [0.4, 0.5) is 5.69 Å². The molecular weight excluding hydrogens is 543 g/mol. The molecule has 12 heteroatoms. The lowest BCUT2D eigenvalue weighted by Crippen LogP contribution is -2.35. The largest absolute Gasteiger partial charge is 0.479 e. The average molecular weight is 571 g/mol. The van der Waals surface area contributed by atoms with E-state index in [0.717, 1.165) is 16.8 Å². The zero-order valence-electron chi connectivity index (χ0n) is 22.4. The van der Waals surface area contributed by atoms with Gasteiger partial charge in [-0.1, -0.05) is 48.7 Å². The molecule has 0 bridgehead atoms. The minimum Gasteiger partial charge on any atom is -0.479 e. The Morgan fingerprint density at radius 3 is 2.51 bits per heavy atom. The Labute approximate surface area is 235 Å². The van der Waals surface area contributed by atoms with Crippen molar-refractivity contribution >= 4 is 34.8 Å². The molecule has 5 rings (SSSR count). The molecule has 1 aliphatic carbocycles. The highest BCUT2D eigenvalue weighted by atomic mass is 35.5. The van der Waals surface area contributed by atoms with Crippen molar-refractivity contribution in [3.8, 4) is 17.6 Å². The number of ether oxygens (including phenoxy) is 2. The summed E-state index contributed by atoms with van der Waals surface area (Å²) in [7, 11) is 4.58. The van der Waals surface area contributed by atoms with Gasteiger partial charge in [0.25, 0.3) is 11.5 Å². The first-order chi connectivity index (χ1) is 18.6. The molecule has 0 saturated heterocycles. The van der Waals surface area contributed by atoms with E-state index in [9.17, 15) is 9.59 Å². The molecule has 3 aromatic rings. The van der Waals surface area contributed by atoms with Gasteiger partial charge < -0.3 is 14.0 Å². The number of methoxy groups -OCH3 is 2. The fraction of sp³-hybridized carbons (Fsp3) is 0.370. The van der Waals surface area contributed by atoms with Crippen molar-refractivity contribution in [3.05, 3.63) is 73.5 Å². The second kappa shape index (κ2) is 10.2. The number of amides is 1. The molecule has 0 aromatic carbocycles. The van der Waals surface area contributed by atoms with E-state index in [-0.39, 0.29) is 40.2 Å². The van der Waals surface area contributed by atoms with Crippen LogP contribution < -0.4 is 19.9 Å². The van der Waals surface area contributed by atoms with Crippen LogP contribution in [0.3, 0.4) is 0 Å². The zero-order chi connectivity index (χ0) is 28.2. The predicted molar refractivity (Wildman–Crippen MR) is 148 cm³/mol. The summed E-state index contributed by atoms with van der Waals surface area (Å²) in [6.07, 6.45) is 7.68. The molecule has 0 fully saturated rings. The number of fused-ring (bicyclic) bond motifs is 1. The number of carbonyl (C=O) groups excluding carboxylic acids is 1. The van der Waals surface area contributed by atoms with Crippen molar-refractivity contribution in [2.24, 2.45) is 13.0 Å². The van der Waals surface area contributed by atoms with Crippen molar-refractivity contribution in [2.45, 2.75) is 39.2 Å². The van der Waals surface area contributed by atoms with Crippen LogP contribution in [-0.4, -0.2) is 44.4 Å². The maximum absolute atomic E-state index is 14.2. The van der Waals surface area contributed by atoms with Crippen molar-refractivity contribution in [3.63, 3.8) is 0 Å². The Hall–Kier alpha value is -3.63. The number of nitrogens with zero attached hydrogens (tertiary/aromatic N) is 6. The van der Waals surface area contributed by atoms with Crippen molar-refractivity contribution in [2.75, 3.05) is 19.1 Å². The molecular formula is C27H28Cl2N6O4. The highest BCUT2D eigenvalue weighted by molar-refractivity contribution is 6.31. The number of allylic oxidation sites excluding steroid dienone is 3. The molecule has 0 saturated carbocycles. The summed E-state index contributed by atoms with van der Waals surface area (Å²) in [6, 6.07) is 1.25. The molecule has 10 nitrogen and oxygen atoms in total. The zero-order valence-corrected chi connectivity index (χ0v) is 23.9. The molecule has 0 radical (unpaired) electrons. The maximum Gasteiger partial charge on any atom is 0.319 e. The Balaban J connectivity index is 1.77. The summed E-state index contributed by atoms with van der Waals surface area (Å²) in [5.74, 6) is -0.178. The Kier molecular flexibility index (Phi) is 7.02. The Morgan fingerprint density at radius 2 is 1.90 bits per heavy atom. The second-order valence-electron chi connectivity index (χ2n) is 9.87. The summed E-state index contributed by atoms with van der Waals surface area (Å²) in [6.45, 7) is 6.09. The van der Waals surface area contributed by atoms with Gasteiger partial charge in [0, 0.05) is 29.8 Å². The molecule has 0 spiro atoms. The van der Waals surface area contributed by atoms with E-state index in [1.807, 2.05) is 32.9 Å². The minimum atomic E-state index is -0.436. The standard InChI is InChI=1S/C27H28Cl2N6O4/c1-13(2)22-20-21(32-35(22)19-11-30-27(39-6)31-24(19)38-5)26(37)34(16-10-18(29)25(36)33(4)12-16)23(20)17-8-7-15(28)9-14(17)3/h7,9-13,17,23H,8H2,1-6H3/t17?,23-/m1/s1. The number of hydrogen-bond donors (Lipinski definition) is 0. The van der Waals surface area contributed by atoms with Crippen LogP contribution in [0, 0.1) is 5.92 Å². The number of carbonyl (C=O) groups is 1. The number of aryl methyl sites for hydroxylation is 1. The molecule has 3 aromatic heterocycles. The number of aromatic nitrogens is 5. The van der Waals surface area contributed by atoms with Gasteiger partial charge in [0.05, 0.1) is 37.8 Å². The second-order valence-corrected chi connectivity index (χ2v) is 10.7. The van der Waals surface area contributed by atoms with Crippen LogP contribution in [0.5, 0.6) is 11.9 Å². The van der Waals surface area contributed by atoms with Crippen molar-refractivity contribution in [1.82, 2.24) is 24.3 Å². The average Bonchev–Trinajstić information content (AvgIpc) is 3.42. The van der Waals surface area contributed by atoms with Crippen LogP contribution in [-0.2, 0) is 7.05 Å². The van der Waals surface area contributed by atoms with Gasteiger partial charge in [-0.05, 0) is 31.4 Å². The minimum absolute atomic E-state index is 0.0270. The van der Waals surface area contributed by atoms with Crippen LogP contribution in [0.2, 0.25) is 5.02 Å². The summed E-state index contributed by atoms with van der Waals surface area (Å²) in [5.41, 5.74) is 3.60. The van der Waals surface area contributed by atoms with E-state index in [1.165, 1.54) is 24.9 Å². The fourth-order valence-corrected chi connectivity index (χ4v) is 5.88. The normalized spacial score (nSPS) is 18.8. The highest BCUT2D eigenvalue weighted by Gasteiger charge is 2.48. The highest BCUT2D eigenvalue weighted by Crippen LogP contribution is 2.49. The van der Waals surface area contributed by atoms with E-state index in [0.29, 0.717) is 28.5 Å². The fourth-order valence-electron chi connectivity index (χ4n) is 5.37. The molecule has 1 amide bonds. The summed E-state index contributed by atoms with van der Waals surface area (Å²) < 4.78 is 13.8. The van der Waals surface area contributed by atoms with Gasteiger partial charge in [-0.15, -0.1) is 0 Å². The van der Waals surface area contributed by atoms with Gasteiger partial charge in [0.1, 0.15) is 10.7 Å². The van der Waals surface area contributed by atoms with E-state index >= 15 is 0 Å². The monoisotopic (exact) mass is 570 g/mol. The van der Waals surface area contributed by atoms with Gasteiger partial charge in [0.2, 0.25) is 5.88 Å². The molecule has 0 N–H and O–H groups in total. The van der Waals surface area contributed by atoms with E-state index in [1.54, 1.807) is 29.0 Å². The van der Waals surface area contributed by atoms with Crippen LogP contribution in [0.15, 0.2) is 46.0 Å². The SMILES string of the molecule is COc1ncc(-n2nc3c(c2C(C)C)[C@@H](C2CC=C(Cl)C=C2C)N(c2cc(Cl)c(=O)n(C)c2)C3=O)c(OC)n1. The van der Waals surface area contributed by atoms with Gasteiger partial charge in [0.15, 0.2) is 5.69 Å². The third-order valence-corrected chi connectivity index (χ3v) is 7.66. The predicted octanol–water partition coefficient (Wildman–Crippen LogP) is 4.95. The summed E-state index contributed by atoms with van der Waals surface area (Å²) >= 11 is 12.6. The topological polar surface area (TPSA) is 104 Å². The van der Waals surface area contributed by atoms with Crippen molar-refractivity contribution in [1.29, 1.82) is 0 Å². The van der Waals surface area contributed by atoms with E-state index in [4.69, 9.17) is 37.8 Å². The first-order valence-corrected chi connectivity index (χ1v) is 13.1. The summed E-state index contributed by atoms with van der Waals surface area (Å²) in [5, 5.41) is 5.50. The number of anilines is 1. The van der Waals surface area contributed by atoms with Gasteiger partial charge >= 0.3 is 6.01 Å². The molecule has 1 aliphatic heterocycles. The summed E-state index contributed by atoms with van der Waals surface area (Å²) in [4.78, 5) is 36.8. The number of hydrogen-bond acceptors (Lipinski definition) is 7. The Morgan fingerprint density at radius 1 is 1.15 bits per heavy atom. The lowest BCUT2D eigenvalue weighted by atomic mass is 9.81. The molecule has 39 heavy (non-hydrogen) atoms. The van der Waals surface area contributed by atoms with Crippen LogP contribution in [0.25, 0.3) is 5.69 Å². The van der Waals surface area contributed by atoms with Crippen molar-refractivity contribution < 1.29 is 14.3 Å². The third-order valence-electron chi connectivity index (χ3n) is 7.12. The number of rotatable bonds is 6. The van der Waals surface area contributed by atoms with E-state index < -0.39 is 6.04 Å². The quantitative estimate of drug-likeness (QED) is 0.413. The lowest BCUT2D eigenvalue weighted by Gasteiger charge is -2.35. The molecule has 2 aliphatic rings. The molecule has 4 heterocycles. The first-order valence-electron chi connectivity index (χ1n) is 12.4. The maximum atomic E-state index is 14.2. The molecule has 1 unspecified atom stereocenters. The molecule has 204 valence electrons.